The molecule has 0 aliphatic heterocycles. The van der Waals surface area contributed by atoms with E-state index >= 15 is 0 Å². The second kappa shape index (κ2) is 7.63. The van der Waals surface area contributed by atoms with Gasteiger partial charge < -0.3 is 10.1 Å². The first kappa shape index (κ1) is 15.3. The number of benzene rings is 1. The van der Waals surface area contributed by atoms with E-state index in [1.807, 2.05) is 6.07 Å². The second-order valence-corrected chi connectivity index (χ2v) is 5.83. The zero-order valence-corrected chi connectivity index (χ0v) is 12.6. The Morgan fingerprint density at radius 3 is 2.75 bits per heavy atom. The van der Waals surface area contributed by atoms with Crippen LogP contribution in [0.3, 0.4) is 0 Å². The van der Waals surface area contributed by atoms with Crippen LogP contribution in [0.2, 0.25) is 0 Å². The molecule has 1 unspecified atom stereocenters. The van der Waals surface area contributed by atoms with E-state index in [1.54, 1.807) is 13.0 Å². The molecular formula is C17H26FNO. The Morgan fingerprint density at radius 2 is 2.10 bits per heavy atom. The van der Waals surface area contributed by atoms with Gasteiger partial charge in [-0.3, -0.25) is 0 Å². The second-order valence-electron chi connectivity index (χ2n) is 5.83. The number of nitrogens with one attached hydrogen (secondary N) is 1. The number of ether oxygens (including phenoxy) is 1. The molecule has 1 aliphatic carbocycles. The first-order chi connectivity index (χ1) is 9.70. The highest BCUT2D eigenvalue weighted by atomic mass is 19.1. The molecule has 3 heteroatoms. The first-order valence-electron chi connectivity index (χ1n) is 7.83. The minimum absolute atomic E-state index is 0.193. The van der Waals surface area contributed by atoms with E-state index < -0.39 is 0 Å². The fourth-order valence-electron chi connectivity index (χ4n) is 2.90. The predicted octanol–water partition coefficient (Wildman–Crippen LogP) is 4.07. The van der Waals surface area contributed by atoms with E-state index in [9.17, 15) is 4.39 Å². The highest BCUT2D eigenvalue weighted by molar-refractivity contribution is 5.28. The maximum Gasteiger partial charge on any atom is 0.129 e. The molecule has 1 atom stereocenters. The van der Waals surface area contributed by atoms with Crippen LogP contribution in [0.5, 0.6) is 5.75 Å². The third-order valence-electron chi connectivity index (χ3n) is 4.20. The van der Waals surface area contributed by atoms with Crippen molar-refractivity contribution in [3.8, 4) is 5.75 Å². The molecule has 1 aliphatic rings. The van der Waals surface area contributed by atoms with E-state index in [0.717, 1.165) is 13.0 Å². The molecule has 1 aromatic carbocycles. The van der Waals surface area contributed by atoms with Crippen LogP contribution in [0, 0.1) is 18.7 Å². The van der Waals surface area contributed by atoms with Gasteiger partial charge in [0.1, 0.15) is 18.2 Å². The van der Waals surface area contributed by atoms with Gasteiger partial charge in [-0.2, -0.15) is 0 Å². The highest BCUT2D eigenvalue weighted by Gasteiger charge is 2.25. The van der Waals surface area contributed by atoms with Crippen LogP contribution >= 0.6 is 0 Å². The normalized spacial score (nSPS) is 17.4. The standard InChI is InChI=1S/C17H26FNO/c1-3-10-19-17(14-6-4-5-7-14)12-20-15-9-8-13(2)16(18)11-15/h8-9,11,14,17,19H,3-7,10,12H2,1-2H3. The summed E-state index contributed by atoms with van der Waals surface area (Å²) in [4.78, 5) is 0. The van der Waals surface area contributed by atoms with Crippen molar-refractivity contribution in [1.82, 2.24) is 5.32 Å². The maximum absolute atomic E-state index is 13.5. The number of halogens is 1. The lowest BCUT2D eigenvalue weighted by Gasteiger charge is -2.25. The number of rotatable bonds is 7. The van der Waals surface area contributed by atoms with Gasteiger partial charge in [0.25, 0.3) is 0 Å². The van der Waals surface area contributed by atoms with E-state index in [2.05, 4.69) is 12.2 Å². The molecular weight excluding hydrogens is 253 g/mol. The Balaban J connectivity index is 1.91. The van der Waals surface area contributed by atoms with E-state index in [1.165, 1.54) is 31.7 Å². The van der Waals surface area contributed by atoms with Crippen LogP contribution in [0.4, 0.5) is 4.39 Å². The van der Waals surface area contributed by atoms with Crippen molar-refractivity contribution < 1.29 is 9.13 Å². The fraction of sp³-hybridized carbons (Fsp3) is 0.647. The van der Waals surface area contributed by atoms with Gasteiger partial charge in [-0.25, -0.2) is 4.39 Å². The summed E-state index contributed by atoms with van der Waals surface area (Å²) < 4.78 is 19.3. The average molecular weight is 279 g/mol. The van der Waals surface area contributed by atoms with Crippen LogP contribution < -0.4 is 10.1 Å². The van der Waals surface area contributed by atoms with Gasteiger partial charge in [-0.1, -0.05) is 25.8 Å². The van der Waals surface area contributed by atoms with Crippen LogP contribution in [0.1, 0.15) is 44.6 Å². The summed E-state index contributed by atoms with van der Waals surface area (Å²) >= 11 is 0. The Hall–Kier alpha value is -1.09. The van der Waals surface area contributed by atoms with Crippen LogP contribution in [0.15, 0.2) is 18.2 Å². The molecule has 1 aromatic rings. The molecule has 0 radical (unpaired) electrons. The Morgan fingerprint density at radius 1 is 1.35 bits per heavy atom. The van der Waals surface area contributed by atoms with Crippen molar-refractivity contribution in [1.29, 1.82) is 0 Å². The Bertz CT molecular complexity index is 415. The van der Waals surface area contributed by atoms with E-state index in [-0.39, 0.29) is 5.82 Å². The van der Waals surface area contributed by atoms with Crippen LogP contribution in [-0.2, 0) is 0 Å². The molecule has 112 valence electrons. The Labute approximate surface area is 121 Å². The molecule has 0 aromatic heterocycles. The number of aryl methyl sites for hydroxylation is 1. The maximum atomic E-state index is 13.5. The quantitative estimate of drug-likeness (QED) is 0.812. The van der Waals surface area contributed by atoms with Crippen LogP contribution in [0.25, 0.3) is 0 Å². The summed E-state index contributed by atoms with van der Waals surface area (Å²) in [5, 5.41) is 3.59. The first-order valence-corrected chi connectivity index (χ1v) is 7.83. The van der Waals surface area contributed by atoms with Crippen molar-refractivity contribution in [3.63, 3.8) is 0 Å². The largest absolute Gasteiger partial charge is 0.492 e. The third kappa shape index (κ3) is 4.20. The lowest BCUT2D eigenvalue weighted by atomic mass is 9.98. The predicted molar refractivity (Wildman–Crippen MR) is 80.7 cm³/mol. The minimum Gasteiger partial charge on any atom is -0.492 e. The molecule has 0 spiro atoms. The van der Waals surface area contributed by atoms with Gasteiger partial charge in [0, 0.05) is 12.1 Å². The van der Waals surface area contributed by atoms with Gasteiger partial charge in [-0.05, 0) is 50.3 Å². The fourth-order valence-corrected chi connectivity index (χ4v) is 2.90. The molecule has 2 nitrogen and oxygen atoms in total. The molecule has 0 saturated heterocycles. The summed E-state index contributed by atoms with van der Waals surface area (Å²) in [5.41, 5.74) is 0.661. The molecule has 1 saturated carbocycles. The molecule has 0 bridgehead atoms. The van der Waals surface area contributed by atoms with Crippen molar-refractivity contribution in [2.45, 2.75) is 52.0 Å². The number of hydrogen-bond donors (Lipinski definition) is 1. The number of hydrogen-bond acceptors (Lipinski definition) is 2. The molecule has 1 N–H and O–H groups in total. The zero-order valence-electron chi connectivity index (χ0n) is 12.6. The van der Waals surface area contributed by atoms with Crippen molar-refractivity contribution in [2.24, 2.45) is 5.92 Å². The van der Waals surface area contributed by atoms with Gasteiger partial charge in [0.2, 0.25) is 0 Å². The highest BCUT2D eigenvalue weighted by Crippen LogP contribution is 2.28. The summed E-state index contributed by atoms with van der Waals surface area (Å²) in [6.07, 6.45) is 6.35. The monoisotopic (exact) mass is 279 g/mol. The van der Waals surface area contributed by atoms with Crippen molar-refractivity contribution in [3.05, 3.63) is 29.6 Å². The minimum atomic E-state index is -0.193. The van der Waals surface area contributed by atoms with Gasteiger partial charge >= 0.3 is 0 Å². The molecule has 20 heavy (non-hydrogen) atoms. The third-order valence-corrected chi connectivity index (χ3v) is 4.20. The zero-order chi connectivity index (χ0) is 14.4. The van der Waals surface area contributed by atoms with Gasteiger partial charge in [0.15, 0.2) is 0 Å². The van der Waals surface area contributed by atoms with Crippen LogP contribution in [-0.4, -0.2) is 19.2 Å². The summed E-state index contributed by atoms with van der Waals surface area (Å²) in [5.74, 6) is 1.15. The van der Waals surface area contributed by atoms with Crippen molar-refractivity contribution in [2.75, 3.05) is 13.2 Å². The molecule has 2 rings (SSSR count). The van der Waals surface area contributed by atoms with Gasteiger partial charge in [0.05, 0.1) is 0 Å². The lowest BCUT2D eigenvalue weighted by Crippen LogP contribution is -2.40. The summed E-state index contributed by atoms with van der Waals surface area (Å²) in [6.45, 7) is 5.60. The molecule has 0 heterocycles. The summed E-state index contributed by atoms with van der Waals surface area (Å²) in [6, 6.07) is 5.50. The van der Waals surface area contributed by atoms with E-state index in [4.69, 9.17) is 4.74 Å². The topological polar surface area (TPSA) is 21.3 Å². The smallest absolute Gasteiger partial charge is 0.129 e. The van der Waals surface area contributed by atoms with E-state index in [0.29, 0.717) is 29.9 Å². The van der Waals surface area contributed by atoms with Crippen molar-refractivity contribution >= 4 is 0 Å². The molecule has 1 fully saturated rings. The average Bonchev–Trinajstić information content (AvgIpc) is 2.97. The molecule has 0 amide bonds. The SMILES string of the molecule is CCCNC(COc1ccc(C)c(F)c1)C1CCCC1. The lowest BCUT2D eigenvalue weighted by molar-refractivity contribution is 0.217. The summed E-state index contributed by atoms with van der Waals surface area (Å²) in [7, 11) is 0. The Kier molecular flexibility index (Phi) is 5.84. The van der Waals surface area contributed by atoms with Gasteiger partial charge in [-0.15, -0.1) is 0 Å².